The molecule has 0 unspecified atom stereocenters. The van der Waals surface area contributed by atoms with Crippen LogP contribution in [0.3, 0.4) is 0 Å². The number of amides is 1. The van der Waals surface area contributed by atoms with Crippen LogP contribution in [-0.4, -0.2) is 40.4 Å². The van der Waals surface area contributed by atoms with Crippen molar-refractivity contribution in [2.45, 2.75) is 45.5 Å². The first-order valence-corrected chi connectivity index (χ1v) is 7.05. The summed E-state index contributed by atoms with van der Waals surface area (Å²) in [6.07, 6.45) is -0.233. The van der Waals surface area contributed by atoms with Gasteiger partial charge in [-0.3, -0.25) is 4.79 Å². The second kappa shape index (κ2) is 7.04. The van der Waals surface area contributed by atoms with Crippen LogP contribution in [-0.2, 0) is 0 Å². The van der Waals surface area contributed by atoms with Crippen molar-refractivity contribution in [1.29, 1.82) is 0 Å². The molecule has 1 rings (SSSR count). The van der Waals surface area contributed by atoms with Crippen molar-refractivity contribution in [3.63, 3.8) is 0 Å². The van der Waals surface area contributed by atoms with Gasteiger partial charge >= 0.3 is 0 Å². The lowest BCUT2D eigenvalue weighted by Crippen LogP contribution is -2.42. The van der Waals surface area contributed by atoms with Gasteiger partial charge in [0.2, 0.25) is 0 Å². The number of aromatic nitrogens is 1. The number of hydrogen-bond donors (Lipinski definition) is 3. The normalized spacial score (nSPS) is 13.1. The van der Waals surface area contributed by atoms with Gasteiger partial charge in [0.25, 0.3) is 5.91 Å². The largest absolute Gasteiger partial charge is 0.387 e. The lowest BCUT2D eigenvalue weighted by Gasteiger charge is -2.22. The van der Waals surface area contributed by atoms with E-state index in [4.69, 9.17) is 11.6 Å². The molecule has 7 heteroatoms. The van der Waals surface area contributed by atoms with Crippen LogP contribution >= 0.6 is 11.6 Å². The quantitative estimate of drug-likeness (QED) is 0.704. The summed E-state index contributed by atoms with van der Waals surface area (Å²) < 4.78 is 13.6. The Labute approximate surface area is 128 Å². The molecule has 0 fully saturated rings. The molecule has 0 aliphatic carbocycles. The van der Waals surface area contributed by atoms with Crippen LogP contribution in [0.2, 0.25) is 5.15 Å². The minimum absolute atomic E-state index is 0.0975. The molecular formula is C14H21ClFN3O2. The summed E-state index contributed by atoms with van der Waals surface area (Å²) in [5.74, 6) is -0.478. The SMILES string of the molecule is CC(C)Nc1cc(Cl)ncc1C(=O)NC[C@@H](F)C(C)(C)O. The monoisotopic (exact) mass is 317 g/mol. The highest BCUT2D eigenvalue weighted by molar-refractivity contribution is 6.29. The number of nitrogens with zero attached hydrogens (tertiary/aromatic N) is 1. The van der Waals surface area contributed by atoms with E-state index in [1.54, 1.807) is 6.07 Å². The van der Waals surface area contributed by atoms with E-state index in [-0.39, 0.29) is 23.3 Å². The van der Waals surface area contributed by atoms with Crippen LogP contribution < -0.4 is 10.6 Å². The molecule has 1 aromatic rings. The van der Waals surface area contributed by atoms with E-state index in [9.17, 15) is 14.3 Å². The Morgan fingerprint density at radius 2 is 2.14 bits per heavy atom. The number of carbonyl (C=O) groups is 1. The molecule has 1 aromatic heterocycles. The molecule has 0 aliphatic rings. The average Bonchev–Trinajstić information content (AvgIpc) is 2.33. The summed E-state index contributed by atoms with van der Waals surface area (Å²) in [4.78, 5) is 16.0. The van der Waals surface area contributed by atoms with Gasteiger partial charge in [-0.15, -0.1) is 0 Å². The summed E-state index contributed by atoms with van der Waals surface area (Å²) in [5.41, 5.74) is -0.706. The summed E-state index contributed by atoms with van der Waals surface area (Å²) in [7, 11) is 0. The summed E-state index contributed by atoms with van der Waals surface area (Å²) in [6.45, 7) is 6.24. The molecule has 0 aromatic carbocycles. The summed E-state index contributed by atoms with van der Waals surface area (Å²) in [5, 5.41) is 15.3. The molecule has 1 atom stereocenters. The van der Waals surface area contributed by atoms with Crippen LogP contribution in [0.5, 0.6) is 0 Å². The fraction of sp³-hybridized carbons (Fsp3) is 0.571. The second-order valence-electron chi connectivity index (χ2n) is 5.68. The molecule has 0 bridgehead atoms. The van der Waals surface area contributed by atoms with Gasteiger partial charge < -0.3 is 15.7 Å². The van der Waals surface area contributed by atoms with Gasteiger partial charge in [-0.1, -0.05) is 11.6 Å². The van der Waals surface area contributed by atoms with E-state index >= 15 is 0 Å². The van der Waals surface area contributed by atoms with E-state index in [1.807, 2.05) is 13.8 Å². The first kappa shape index (κ1) is 17.7. The molecule has 0 aliphatic heterocycles. The number of nitrogens with one attached hydrogen (secondary N) is 2. The molecule has 118 valence electrons. The molecule has 0 spiro atoms. The zero-order chi connectivity index (χ0) is 16.2. The minimum Gasteiger partial charge on any atom is -0.387 e. The van der Waals surface area contributed by atoms with Gasteiger partial charge in [-0.05, 0) is 33.8 Å². The smallest absolute Gasteiger partial charge is 0.255 e. The topological polar surface area (TPSA) is 74.2 Å². The zero-order valence-electron chi connectivity index (χ0n) is 12.6. The van der Waals surface area contributed by atoms with E-state index in [1.165, 1.54) is 20.0 Å². The van der Waals surface area contributed by atoms with Crippen molar-refractivity contribution in [2.24, 2.45) is 0 Å². The van der Waals surface area contributed by atoms with E-state index in [0.717, 1.165) is 0 Å². The number of hydrogen-bond acceptors (Lipinski definition) is 4. The van der Waals surface area contributed by atoms with Crippen molar-refractivity contribution in [2.75, 3.05) is 11.9 Å². The third-order valence-corrected chi connectivity index (χ3v) is 2.97. The standard InChI is InChI=1S/C14H21ClFN3O2/c1-8(2)19-10-5-12(15)17-6-9(10)13(20)18-7-11(16)14(3,4)21/h5-6,8,11,21H,7H2,1-4H3,(H,17,19)(H,18,20)/t11-/m1/s1. The Morgan fingerprint density at radius 1 is 1.52 bits per heavy atom. The molecule has 0 saturated heterocycles. The van der Waals surface area contributed by atoms with E-state index in [0.29, 0.717) is 5.69 Å². The van der Waals surface area contributed by atoms with Gasteiger partial charge in [-0.2, -0.15) is 0 Å². The van der Waals surface area contributed by atoms with Gasteiger partial charge in [0.05, 0.1) is 23.4 Å². The number of anilines is 1. The molecule has 0 radical (unpaired) electrons. The Balaban J connectivity index is 2.82. The zero-order valence-corrected chi connectivity index (χ0v) is 13.3. The Hall–Kier alpha value is -1.40. The van der Waals surface area contributed by atoms with Gasteiger partial charge in [-0.25, -0.2) is 9.37 Å². The molecule has 0 saturated carbocycles. The minimum atomic E-state index is -1.57. The van der Waals surface area contributed by atoms with Gasteiger partial charge in [0.15, 0.2) is 0 Å². The molecule has 21 heavy (non-hydrogen) atoms. The fourth-order valence-electron chi connectivity index (χ4n) is 1.57. The Morgan fingerprint density at radius 3 is 2.67 bits per heavy atom. The summed E-state index contributed by atoms with van der Waals surface area (Å²) >= 11 is 5.82. The number of aliphatic hydroxyl groups is 1. The number of carbonyl (C=O) groups excluding carboxylic acids is 1. The summed E-state index contributed by atoms with van der Waals surface area (Å²) in [6, 6.07) is 1.64. The third kappa shape index (κ3) is 5.47. The third-order valence-electron chi connectivity index (χ3n) is 2.77. The lowest BCUT2D eigenvalue weighted by atomic mass is 10.0. The van der Waals surface area contributed by atoms with Gasteiger partial charge in [0, 0.05) is 12.2 Å². The maximum Gasteiger partial charge on any atom is 0.255 e. The fourth-order valence-corrected chi connectivity index (χ4v) is 1.73. The predicted molar refractivity (Wildman–Crippen MR) is 81.5 cm³/mol. The van der Waals surface area contributed by atoms with Crippen molar-refractivity contribution >= 4 is 23.2 Å². The highest BCUT2D eigenvalue weighted by Gasteiger charge is 2.27. The molecule has 1 amide bonds. The van der Waals surface area contributed by atoms with Crippen LogP contribution in [0.4, 0.5) is 10.1 Å². The maximum atomic E-state index is 13.6. The predicted octanol–water partition coefficient (Wildman–Crippen LogP) is 2.39. The lowest BCUT2D eigenvalue weighted by molar-refractivity contribution is -0.00177. The van der Waals surface area contributed by atoms with E-state index in [2.05, 4.69) is 15.6 Å². The van der Waals surface area contributed by atoms with Gasteiger partial charge in [0.1, 0.15) is 11.3 Å². The number of rotatable bonds is 6. The van der Waals surface area contributed by atoms with Crippen LogP contribution in [0.15, 0.2) is 12.3 Å². The second-order valence-corrected chi connectivity index (χ2v) is 6.07. The van der Waals surface area contributed by atoms with Crippen molar-refractivity contribution < 1.29 is 14.3 Å². The van der Waals surface area contributed by atoms with Crippen molar-refractivity contribution in [1.82, 2.24) is 10.3 Å². The first-order chi connectivity index (χ1) is 9.61. The first-order valence-electron chi connectivity index (χ1n) is 6.68. The Bertz CT molecular complexity index is 503. The molecule has 5 nitrogen and oxygen atoms in total. The molecule has 1 heterocycles. The van der Waals surface area contributed by atoms with E-state index < -0.39 is 17.7 Å². The number of halogens is 2. The molecular weight excluding hydrogens is 297 g/mol. The average molecular weight is 318 g/mol. The van der Waals surface area contributed by atoms with Crippen molar-refractivity contribution in [3.8, 4) is 0 Å². The number of pyridine rings is 1. The number of alkyl halides is 1. The highest BCUT2D eigenvalue weighted by Crippen LogP contribution is 2.20. The van der Waals surface area contributed by atoms with Crippen LogP contribution in [0, 0.1) is 0 Å². The maximum absolute atomic E-state index is 13.6. The van der Waals surface area contributed by atoms with Crippen LogP contribution in [0.25, 0.3) is 0 Å². The van der Waals surface area contributed by atoms with Crippen LogP contribution in [0.1, 0.15) is 38.1 Å². The molecule has 3 N–H and O–H groups in total. The van der Waals surface area contributed by atoms with Crippen molar-refractivity contribution in [3.05, 3.63) is 23.0 Å². The highest BCUT2D eigenvalue weighted by atomic mass is 35.5. The Kier molecular flexibility index (Phi) is 5.92.